The molecule has 23 heavy (non-hydrogen) atoms. The molecule has 3 rings (SSSR count). The summed E-state index contributed by atoms with van der Waals surface area (Å²) in [6.07, 6.45) is 5.12. The topological polar surface area (TPSA) is 39.7 Å². The van der Waals surface area contributed by atoms with Crippen LogP contribution in [0.4, 0.5) is 0 Å². The van der Waals surface area contributed by atoms with Crippen molar-refractivity contribution >= 4 is 29.9 Å². The van der Waals surface area contributed by atoms with Gasteiger partial charge in [-0.15, -0.1) is 24.0 Å². The second-order valence-corrected chi connectivity index (χ2v) is 6.74. The molecule has 1 heterocycles. The Morgan fingerprint density at radius 2 is 1.91 bits per heavy atom. The van der Waals surface area contributed by atoms with Crippen LogP contribution in [0.25, 0.3) is 0 Å². The zero-order valence-corrected chi connectivity index (χ0v) is 16.5. The predicted octanol–water partition coefficient (Wildman–Crippen LogP) is 3.16. The van der Waals surface area contributed by atoms with Gasteiger partial charge in [0.25, 0.3) is 0 Å². The lowest BCUT2D eigenvalue weighted by Gasteiger charge is -2.35. The van der Waals surface area contributed by atoms with Crippen LogP contribution in [-0.2, 0) is 0 Å². The second kappa shape index (κ2) is 8.33. The fourth-order valence-corrected chi connectivity index (χ4v) is 3.68. The number of nitrogens with one attached hydrogen (secondary N) is 2. The van der Waals surface area contributed by atoms with E-state index in [1.807, 2.05) is 0 Å². The van der Waals surface area contributed by atoms with Gasteiger partial charge in [-0.3, -0.25) is 4.99 Å². The minimum absolute atomic E-state index is 0. The van der Waals surface area contributed by atoms with E-state index in [9.17, 15) is 0 Å². The Hall–Kier alpha value is -0.820. The summed E-state index contributed by atoms with van der Waals surface area (Å²) in [5.41, 5.74) is 1.56. The number of halogens is 1. The number of hydrogen-bond donors (Lipinski definition) is 2. The maximum atomic E-state index is 4.55. The van der Waals surface area contributed by atoms with Gasteiger partial charge in [0.2, 0.25) is 0 Å². The minimum atomic E-state index is 0. The zero-order chi connectivity index (χ0) is 15.4. The number of benzene rings is 1. The van der Waals surface area contributed by atoms with Gasteiger partial charge in [-0.25, -0.2) is 0 Å². The molecule has 1 aliphatic carbocycles. The van der Waals surface area contributed by atoms with E-state index in [1.165, 1.54) is 31.2 Å². The van der Waals surface area contributed by atoms with E-state index in [0.717, 1.165) is 25.6 Å². The Balaban J connectivity index is 0.00000192. The van der Waals surface area contributed by atoms with Crippen LogP contribution in [0, 0.1) is 0 Å². The zero-order valence-electron chi connectivity index (χ0n) is 14.2. The molecule has 2 aliphatic rings. The van der Waals surface area contributed by atoms with Gasteiger partial charge < -0.3 is 15.5 Å². The van der Waals surface area contributed by atoms with Gasteiger partial charge in [-0.05, 0) is 25.3 Å². The van der Waals surface area contributed by atoms with Crippen LogP contribution in [0.15, 0.2) is 35.3 Å². The third-order valence-electron chi connectivity index (χ3n) is 5.03. The van der Waals surface area contributed by atoms with Gasteiger partial charge in [0.05, 0.1) is 6.54 Å². The molecule has 4 nitrogen and oxygen atoms in total. The second-order valence-electron chi connectivity index (χ2n) is 6.74. The Morgan fingerprint density at radius 1 is 1.22 bits per heavy atom. The van der Waals surface area contributed by atoms with Crippen LogP contribution >= 0.6 is 24.0 Å². The molecule has 1 aromatic carbocycles. The standard InChI is InChI=1S/C18H28N4.HI/c1-15(16-8-4-3-5-9-16)21-18(10-6-7-11-18)14-20-17-19-12-13-22(17)2;/h3-5,8-9,15,21H,6-7,10-14H2,1-2H3,(H,19,20);1H. The van der Waals surface area contributed by atoms with Gasteiger partial charge in [-0.2, -0.15) is 0 Å². The van der Waals surface area contributed by atoms with Gasteiger partial charge in [-0.1, -0.05) is 43.2 Å². The molecule has 0 bridgehead atoms. The third-order valence-corrected chi connectivity index (χ3v) is 5.03. The van der Waals surface area contributed by atoms with Crippen LogP contribution in [0.3, 0.4) is 0 Å². The molecule has 1 fully saturated rings. The van der Waals surface area contributed by atoms with Crippen molar-refractivity contribution in [3.63, 3.8) is 0 Å². The van der Waals surface area contributed by atoms with E-state index in [0.29, 0.717) is 6.04 Å². The van der Waals surface area contributed by atoms with Crippen LogP contribution in [0.1, 0.15) is 44.2 Å². The number of nitrogens with zero attached hydrogens (tertiary/aromatic N) is 2. The molecule has 0 amide bonds. The van der Waals surface area contributed by atoms with Crippen LogP contribution < -0.4 is 10.6 Å². The van der Waals surface area contributed by atoms with Crippen LogP contribution in [0.5, 0.6) is 0 Å². The lowest BCUT2D eigenvalue weighted by atomic mass is 9.94. The van der Waals surface area contributed by atoms with E-state index in [-0.39, 0.29) is 29.5 Å². The van der Waals surface area contributed by atoms with E-state index in [1.54, 1.807) is 0 Å². The summed E-state index contributed by atoms with van der Waals surface area (Å²) in [6.45, 7) is 5.19. The summed E-state index contributed by atoms with van der Waals surface area (Å²) in [6, 6.07) is 11.1. The number of likely N-dealkylation sites (N-methyl/N-ethyl adjacent to an activating group) is 1. The summed E-state index contributed by atoms with van der Waals surface area (Å²) < 4.78 is 0. The van der Waals surface area contributed by atoms with Gasteiger partial charge in [0, 0.05) is 31.7 Å². The minimum Gasteiger partial charge on any atom is -0.354 e. The molecule has 1 aromatic rings. The first kappa shape index (κ1) is 18.5. The fraction of sp³-hybridized carbons (Fsp3) is 0.611. The first-order valence-corrected chi connectivity index (χ1v) is 8.51. The maximum absolute atomic E-state index is 4.55. The summed E-state index contributed by atoms with van der Waals surface area (Å²) in [5, 5.41) is 7.50. The normalized spacial score (nSPS) is 20.8. The lowest BCUT2D eigenvalue weighted by molar-refractivity contribution is 0.295. The van der Waals surface area contributed by atoms with E-state index in [4.69, 9.17) is 0 Å². The van der Waals surface area contributed by atoms with Crippen molar-refractivity contribution in [2.24, 2.45) is 4.99 Å². The molecule has 1 atom stereocenters. The molecular weight excluding hydrogens is 399 g/mol. The Morgan fingerprint density at radius 3 is 2.52 bits per heavy atom. The fourth-order valence-electron chi connectivity index (χ4n) is 3.68. The Labute approximate surface area is 157 Å². The van der Waals surface area contributed by atoms with Crippen LogP contribution in [0.2, 0.25) is 0 Å². The summed E-state index contributed by atoms with van der Waals surface area (Å²) in [7, 11) is 2.11. The number of hydrogen-bond acceptors (Lipinski definition) is 4. The molecule has 1 unspecified atom stereocenters. The molecule has 1 aliphatic heterocycles. The maximum Gasteiger partial charge on any atom is 0.193 e. The molecular formula is C18H29IN4. The lowest BCUT2D eigenvalue weighted by Crippen LogP contribution is -2.53. The van der Waals surface area contributed by atoms with E-state index < -0.39 is 0 Å². The Kier molecular flexibility index (Phi) is 6.71. The van der Waals surface area contributed by atoms with Crippen LogP contribution in [-0.4, -0.2) is 43.1 Å². The van der Waals surface area contributed by atoms with Gasteiger partial charge >= 0.3 is 0 Å². The highest BCUT2D eigenvalue weighted by atomic mass is 127. The van der Waals surface area contributed by atoms with Crippen molar-refractivity contribution in [3.05, 3.63) is 35.9 Å². The highest BCUT2D eigenvalue weighted by Gasteiger charge is 2.35. The van der Waals surface area contributed by atoms with E-state index >= 15 is 0 Å². The highest BCUT2D eigenvalue weighted by molar-refractivity contribution is 14.0. The van der Waals surface area contributed by atoms with E-state index in [2.05, 4.69) is 64.8 Å². The summed E-state index contributed by atoms with van der Waals surface area (Å²) in [5.74, 6) is 1.06. The largest absolute Gasteiger partial charge is 0.354 e. The van der Waals surface area contributed by atoms with Gasteiger partial charge in [0.15, 0.2) is 5.96 Å². The highest BCUT2D eigenvalue weighted by Crippen LogP contribution is 2.31. The number of guanidine groups is 1. The Bertz CT molecular complexity index is 511. The SMILES string of the molecule is CC(NC1(CNC2=NCCN2C)CCCC1)c1ccccc1.I. The molecule has 0 aromatic heterocycles. The van der Waals surface area contributed by atoms with Crippen molar-refractivity contribution in [1.29, 1.82) is 0 Å². The first-order chi connectivity index (χ1) is 10.7. The molecule has 2 N–H and O–H groups in total. The van der Waals surface area contributed by atoms with Crippen molar-refractivity contribution in [3.8, 4) is 0 Å². The molecule has 0 saturated heterocycles. The van der Waals surface area contributed by atoms with Crippen molar-refractivity contribution in [1.82, 2.24) is 15.5 Å². The molecule has 0 spiro atoms. The molecule has 0 radical (unpaired) electrons. The smallest absolute Gasteiger partial charge is 0.193 e. The molecule has 128 valence electrons. The average molecular weight is 428 g/mol. The molecule has 1 saturated carbocycles. The number of aliphatic imine (C=N–C) groups is 1. The van der Waals surface area contributed by atoms with Crippen molar-refractivity contribution in [2.45, 2.75) is 44.2 Å². The molecule has 5 heteroatoms. The number of rotatable bonds is 5. The average Bonchev–Trinajstić information content (AvgIpc) is 3.16. The first-order valence-electron chi connectivity index (χ1n) is 8.51. The predicted molar refractivity (Wildman–Crippen MR) is 108 cm³/mol. The van der Waals surface area contributed by atoms with Crippen molar-refractivity contribution < 1.29 is 0 Å². The van der Waals surface area contributed by atoms with Crippen molar-refractivity contribution in [2.75, 3.05) is 26.7 Å². The third kappa shape index (κ3) is 4.59. The monoisotopic (exact) mass is 428 g/mol. The van der Waals surface area contributed by atoms with Gasteiger partial charge in [0.1, 0.15) is 0 Å². The quantitative estimate of drug-likeness (QED) is 0.708. The summed E-state index contributed by atoms with van der Waals surface area (Å²) in [4.78, 5) is 6.76. The summed E-state index contributed by atoms with van der Waals surface area (Å²) >= 11 is 0.